The number of aromatic nitrogens is 2. The molecule has 0 atom stereocenters. The van der Waals surface area contributed by atoms with Crippen LogP contribution in [0.15, 0.2) is 66.9 Å². The second kappa shape index (κ2) is 9.36. The van der Waals surface area contributed by atoms with Crippen molar-refractivity contribution in [3.05, 3.63) is 66.9 Å². The molecule has 0 spiro atoms. The molecular weight excluding hydrogens is 402 g/mol. The summed E-state index contributed by atoms with van der Waals surface area (Å²) in [6, 6.07) is 20.5. The lowest BCUT2D eigenvalue weighted by atomic mass is 10.0. The number of nitrogens with zero attached hydrogens (tertiary/aromatic N) is 5. The van der Waals surface area contributed by atoms with Gasteiger partial charge in [0.15, 0.2) is 0 Å². The molecule has 5 rings (SSSR count). The minimum Gasteiger partial charge on any atom is -0.378 e. The highest BCUT2D eigenvalue weighted by Crippen LogP contribution is 2.30. The maximum absolute atomic E-state index is 12.8. The summed E-state index contributed by atoms with van der Waals surface area (Å²) in [5.41, 5.74) is 3.84. The van der Waals surface area contributed by atoms with Crippen molar-refractivity contribution in [2.24, 2.45) is 0 Å². The summed E-state index contributed by atoms with van der Waals surface area (Å²) in [5.74, 6) is 0.849. The van der Waals surface area contributed by atoms with Crippen molar-refractivity contribution < 1.29 is 9.53 Å². The molecule has 0 N–H and O–H groups in total. The molecule has 0 radical (unpaired) electrons. The van der Waals surface area contributed by atoms with Crippen LogP contribution in [0.2, 0.25) is 0 Å². The van der Waals surface area contributed by atoms with Crippen LogP contribution in [-0.4, -0.2) is 78.3 Å². The molecule has 3 aromatic rings. The van der Waals surface area contributed by atoms with Gasteiger partial charge in [0.1, 0.15) is 5.82 Å². The standard InChI is InChI=1S/C25H27N5O2/c31-25(30-15-17-32-18-16-30)29-13-11-28(12-14-29)22-19-26-23(20-7-3-1-4-8-20)24(27-22)21-9-5-2-6-10-21/h1-10,19H,11-18H2. The highest BCUT2D eigenvalue weighted by Gasteiger charge is 2.27. The molecule has 0 bridgehead atoms. The first kappa shape index (κ1) is 20.5. The molecule has 164 valence electrons. The monoisotopic (exact) mass is 429 g/mol. The molecule has 0 saturated carbocycles. The van der Waals surface area contributed by atoms with Crippen LogP contribution >= 0.6 is 0 Å². The van der Waals surface area contributed by atoms with Crippen LogP contribution < -0.4 is 4.90 Å². The van der Waals surface area contributed by atoms with Gasteiger partial charge in [-0.25, -0.2) is 9.78 Å². The molecule has 2 amide bonds. The zero-order chi connectivity index (χ0) is 21.8. The first-order chi connectivity index (χ1) is 15.8. The van der Waals surface area contributed by atoms with Gasteiger partial charge < -0.3 is 19.4 Å². The Labute approximate surface area is 188 Å². The van der Waals surface area contributed by atoms with Crippen molar-refractivity contribution in [2.75, 3.05) is 57.4 Å². The smallest absolute Gasteiger partial charge is 0.320 e. The Morgan fingerprint density at radius 2 is 1.28 bits per heavy atom. The number of morpholine rings is 1. The van der Waals surface area contributed by atoms with Crippen molar-refractivity contribution in [2.45, 2.75) is 0 Å². The van der Waals surface area contributed by atoms with E-state index >= 15 is 0 Å². The molecule has 2 aromatic carbocycles. The fourth-order valence-corrected chi connectivity index (χ4v) is 4.22. The lowest BCUT2D eigenvalue weighted by Gasteiger charge is -2.38. The highest BCUT2D eigenvalue weighted by molar-refractivity contribution is 5.79. The largest absolute Gasteiger partial charge is 0.378 e. The Morgan fingerprint density at radius 1 is 0.719 bits per heavy atom. The summed E-state index contributed by atoms with van der Waals surface area (Å²) < 4.78 is 5.37. The Hall–Kier alpha value is -3.45. The van der Waals surface area contributed by atoms with E-state index in [1.54, 1.807) is 0 Å². The van der Waals surface area contributed by atoms with Crippen LogP contribution in [0.25, 0.3) is 22.5 Å². The lowest BCUT2D eigenvalue weighted by Crippen LogP contribution is -2.55. The Balaban J connectivity index is 1.36. The number of ether oxygens (including phenoxy) is 1. The van der Waals surface area contributed by atoms with E-state index in [0.717, 1.165) is 41.4 Å². The van der Waals surface area contributed by atoms with Crippen LogP contribution in [0.1, 0.15) is 0 Å². The molecule has 3 heterocycles. The van der Waals surface area contributed by atoms with Crippen LogP contribution in [0.5, 0.6) is 0 Å². The summed E-state index contributed by atoms with van der Waals surface area (Å²) in [6.45, 7) is 5.43. The van der Waals surface area contributed by atoms with Crippen LogP contribution in [0.4, 0.5) is 10.6 Å². The predicted molar refractivity (Wildman–Crippen MR) is 124 cm³/mol. The molecule has 2 fully saturated rings. The van der Waals surface area contributed by atoms with E-state index in [4.69, 9.17) is 14.7 Å². The summed E-state index contributed by atoms with van der Waals surface area (Å²) in [6.07, 6.45) is 1.86. The normalized spacial score (nSPS) is 16.8. The number of rotatable bonds is 3. The maximum Gasteiger partial charge on any atom is 0.320 e. The van der Waals surface area contributed by atoms with Gasteiger partial charge in [-0.15, -0.1) is 0 Å². The zero-order valence-corrected chi connectivity index (χ0v) is 18.1. The number of piperazine rings is 1. The second-order valence-corrected chi connectivity index (χ2v) is 8.01. The van der Waals surface area contributed by atoms with Gasteiger partial charge in [0.2, 0.25) is 0 Å². The van der Waals surface area contributed by atoms with E-state index in [0.29, 0.717) is 39.4 Å². The average molecular weight is 430 g/mol. The molecule has 7 nitrogen and oxygen atoms in total. The molecular formula is C25H27N5O2. The van der Waals surface area contributed by atoms with E-state index in [9.17, 15) is 4.79 Å². The van der Waals surface area contributed by atoms with E-state index < -0.39 is 0 Å². The van der Waals surface area contributed by atoms with Gasteiger partial charge in [-0.05, 0) is 0 Å². The van der Waals surface area contributed by atoms with Crippen LogP contribution in [-0.2, 0) is 4.74 Å². The van der Waals surface area contributed by atoms with Gasteiger partial charge in [-0.1, -0.05) is 60.7 Å². The predicted octanol–water partition coefficient (Wildman–Crippen LogP) is 3.38. The molecule has 0 aliphatic carbocycles. The van der Waals surface area contributed by atoms with Crippen molar-refractivity contribution >= 4 is 11.8 Å². The summed E-state index contributed by atoms with van der Waals surface area (Å²) in [4.78, 5) is 28.7. The van der Waals surface area contributed by atoms with E-state index in [1.165, 1.54) is 0 Å². The molecule has 7 heteroatoms. The summed E-state index contributed by atoms with van der Waals surface area (Å²) in [5, 5.41) is 0. The van der Waals surface area contributed by atoms with E-state index in [-0.39, 0.29) is 6.03 Å². The lowest BCUT2D eigenvalue weighted by molar-refractivity contribution is 0.0428. The fraction of sp³-hybridized carbons (Fsp3) is 0.320. The third-order valence-electron chi connectivity index (χ3n) is 6.01. The maximum atomic E-state index is 12.8. The number of hydrogen-bond acceptors (Lipinski definition) is 5. The van der Waals surface area contributed by atoms with Crippen LogP contribution in [0, 0.1) is 0 Å². The first-order valence-corrected chi connectivity index (χ1v) is 11.1. The molecule has 32 heavy (non-hydrogen) atoms. The summed E-state index contributed by atoms with van der Waals surface area (Å²) in [7, 11) is 0. The second-order valence-electron chi connectivity index (χ2n) is 8.01. The minimum absolute atomic E-state index is 0.114. The number of carbonyl (C=O) groups is 1. The number of benzene rings is 2. The highest BCUT2D eigenvalue weighted by atomic mass is 16.5. The van der Waals surface area contributed by atoms with Gasteiger partial charge in [0, 0.05) is 50.4 Å². The average Bonchev–Trinajstić information content (AvgIpc) is 2.89. The third kappa shape index (κ3) is 4.29. The van der Waals surface area contributed by atoms with Gasteiger partial charge in [0.05, 0.1) is 30.8 Å². The Morgan fingerprint density at radius 3 is 1.91 bits per heavy atom. The molecule has 2 saturated heterocycles. The fourth-order valence-electron chi connectivity index (χ4n) is 4.22. The molecule has 2 aliphatic heterocycles. The van der Waals surface area contributed by atoms with E-state index in [2.05, 4.69) is 29.2 Å². The van der Waals surface area contributed by atoms with Gasteiger partial charge in [-0.2, -0.15) is 0 Å². The van der Waals surface area contributed by atoms with Crippen molar-refractivity contribution in [3.8, 4) is 22.5 Å². The van der Waals surface area contributed by atoms with Gasteiger partial charge >= 0.3 is 6.03 Å². The van der Waals surface area contributed by atoms with E-state index in [1.807, 2.05) is 52.4 Å². The molecule has 2 aliphatic rings. The summed E-state index contributed by atoms with van der Waals surface area (Å²) >= 11 is 0. The van der Waals surface area contributed by atoms with Crippen molar-refractivity contribution in [3.63, 3.8) is 0 Å². The van der Waals surface area contributed by atoms with Crippen LogP contribution in [0.3, 0.4) is 0 Å². The number of carbonyl (C=O) groups excluding carboxylic acids is 1. The third-order valence-corrected chi connectivity index (χ3v) is 6.01. The molecule has 0 unspecified atom stereocenters. The number of anilines is 1. The Bertz CT molecular complexity index is 1050. The van der Waals surface area contributed by atoms with Crippen molar-refractivity contribution in [1.82, 2.24) is 19.8 Å². The molecule has 1 aromatic heterocycles. The Kier molecular flexibility index (Phi) is 5.98. The zero-order valence-electron chi connectivity index (χ0n) is 18.1. The SMILES string of the molecule is O=C(N1CCOCC1)N1CCN(c2cnc(-c3ccccc3)c(-c3ccccc3)n2)CC1. The number of amides is 2. The van der Waals surface area contributed by atoms with Gasteiger partial charge in [0.25, 0.3) is 0 Å². The topological polar surface area (TPSA) is 61.8 Å². The number of hydrogen-bond donors (Lipinski definition) is 0. The van der Waals surface area contributed by atoms with Crippen molar-refractivity contribution in [1.29, 1.82) is 0 Å². The van der Waals surface area contributed by atoms with Gasteiger partial charge in [-0.3, -0.25) is 4.98 Å². The minimum atomic E-state index is 0.114. The number of urea groups is 1. The quantitative estimate of drug-likeness (QED) is 0.639. The first-order valence-electron chi connectivity index (χ1n) is 11.1.